The SMILES string of the molecule is Nc1cc(C(Cl)C(=O)S)ccc1F. The average molecular weight is 220 g/mol. The van der Waals surface area contributed by atoms with Crippen molar-refractivity contribution in [2.45, 2.75) is 5.38 Å². The Kier molecular flexibility index (Phi) is 3.17. The first kappa shape index (κ1) is 10.3. The lowest BCUT2D eigenvalue weighted by molar-refractivity contribution is -0.110. The third-order valence-corrected chi connectivity index (χ3v) is 2.39. The molecule has 0 amide bonds. The van der Waals surface area contributed by atoms with Gasteiger partial charge in [0.2, 0.25) is 5.12 Å². The summed E-state index contributed by atoms with van der Waals surface area (Å²) in [5, 5.41) is -1.38. The second kappa shape index (κ2) is 3.98. The quantitative estimate of drug-likeness (QED) is 0.455. The first-order valence-electron chi connectivity index (χ1n) is 3.44. The summed E-state index contributed by atoms with van der Waals surface area (Å²) in [4.78, 5) is 10.7. The van der Waals surface area contributed by atoms with Crippen molar-refractivity contribution in [3.63, 3.8) is 0 Å². The van der Waals surface area contributed by atoms with Crippen molar-refractivity contribution < 1.29 is 9.18 Å². The summed E-state index contributed by atoms with van der Waals surface area (Å²) in [6.45, 7) is 0. The Bertz CT molecular complexity index is 345. The highest BCUT2D eigenvalue weighted by Gasteiger charge is 2.14. The van der Waals surface area contributed by atoms with E-state index in [9.17, 15) is 9.18 Å². The summed E-state index contributed by atoms with van der Waals surface area (Å²) in [5.74, 6) is -0.528. The van der Waals surface area contributed by atoms with Crippen molar-refractivity contribution in [3.05, 3.63) is 29.6 Å². The van der Waals surface area contributed by atoms with Crippen LogP contribution in [0.15, 0.2) is 18.2 Å². The molecule has 1 atom stereocenters. The number of nitrogens with two attached hydrogens (primary N) is 1. The fraction of sp³-hybridized carbons (Fsp3) is 0.125. The van der Waals surface area contributed by atoms with Crippen LogP contribution < -0.4 is 5.73 Å². The van der Waals surface area contributed by atoms with Crippen LogP contribution in [-0.2, 0) is 4.79 Å². The van der Waals surface area contributed by atoms with Crippen molar-refractivity contribution in [2.24, 2.45) is 0 Å². The summed E-state index contributed by atoms with van der Waals surface area (Å²) in [7, 11) is 0. The summed E-state index contributed by atoms with van der Waals surface area (Å²) >= 11 is 9.22. The van der Waals surface area contributed by atoms with E-state index in [0.717, 1.165) is 6.07 Å². The Morgan fingerprint density at radius 1 is 1.62 bits per heavy atom. The van der Waals surface area contributed by atoms with Gasteiger partial charge in [-0.2, -0.15) is 0 Å². The first-order chi connectivity index (χ1) is 6.02. The number of halogens is 2. The number of carbonyl (C=O) groups is 1. The highest BCUT2D eigenvalue weighted by atomic mass is 35.5. The minimum absolute atomic E-state index is 0.0299. The van der Waals surface area contributed by atoms with Crippen LogP contribution in [0.4, 0.5) is 10.1 Å². The van der Waals surface area contributed by atoms with Crippen LogP contribution in [0.3, 0.4) is 0 Å². The van der Waals surface area contributed by atoms with E-state index in [2.05, 4.69) is 12.6 Å². The van der Waals surface area contributed by atoms with Gasteiger partial charge in [0.25, 0.3) is 0 Å². The van der Waals surface area contributed by atoms with Crippen molar-refractivity contribution >= 4 is 35.0 Å². The van der Waals surface area contributed by atoms with Crippen LogP contribution >= 0.6 is 24.2 Å². The van der Waals surface area contributed by atoms with Crippen LogP contribution in [0, 0.1) is 5.82 Å². The molecule has 0 spiro atoms. The molecule has 0 aliphatic rings. The lowest BCUT2D eigenvalue weighted by atomic mass is 10.1. The van der Waals surface area contributed by atoms with E-state index in [1.807, 2.05) is 0 Å². The van der Waals surface area contributed by atoms with Crippen LogP contribution in [0.1, 0.15) is 10.9 Å². The molecule has 0 aliphatic heterocycles. The van der Waals surface area contributed by atoms with Crippen LogP contribution in [-0.4, -0.2) is 5.12 Å². The number of hydrogen-bond acceptors (Lipinski definition) is 2. The van der Waals surface area contributed by atoms with Gasteiger partial charge in [-0.1, -0.05) is 6.07 Å². The number of rotatable bonds is 2. The Hall–Kier alpha value is -0.740. The lowest BCUT2D eigenvalue weighted by Gasteiger charge is -2.06. The lowest BCUT2D eigenvalue weighted by Crippen LogP contribution is -2.01. The largest absolute Gasteiger partial charge is 0.396 e. The summed E-state index contributed by atoms with van der Waals surface area (Å²) in [6, 6.07) is 3.88. The molecule has 0 saturated heterocycles. The van der Waals surface area contributed by atoms with Gasteiger partial charge < -0.3 is 5.73 Å². The fourth-order valence-electron chi connectivity index (χ4n) is 0.862. The van der Waals surface area contributed by atoms with Gasteiger partial charge in [-0.25, -0.2) is 4.39 Å². The Balaban J connectivity index is 3.03. The normalized spacial score (nSPS) is 12.5. The molecular weight excluding hydrogens is 213 g/mol. The van der Waals surface area contributed by atoms with Gasteiger partial charge in [-0.05, 0) is 17.7 Å². The van der Waals surface area contributed by atoms with Gasteiger partial charge in [0.1, 0.15) is 11.2 Å². The van der Waals surface area contributed by atoms with E-state index >= 15 is 0 Å². The molecule has 0 saturated carbocycles. The van der Waals surface area contributed by atoms with Crippen LogP contribution in [0.2, 0.25) is 0 Å². The summed E-state index contributed by atoms with van der Waals surface area (Å²) < 4.78 is 12.7. The van der Waals surface area contributed by atoms with E-state index in [1.165, 1.54) is 12.1 Å². The smallest absolute Gasteiger partial charge is 0.208 e. The van der Waals surface area contributed by atoms with Crippen LogP contribution in [0.25, 0.3) is 0 Å². The Morgan fingerprint density at radius 3 is 2.69 bits per heavy atom. The third-order valence-electron chi connectivity index (χ3n) is 1.53. The zero-order valence-electron chi connectivity index (χ0n) is 6.50. The minimum Gasteiger partial charge on any atom is -0.396 e. The molecule has 0 aliphatic carbocycles. The molecule has 0 heterocycles. The topological polar surface area (TPSA) is 43.1 Å². The number of benzene rings is 1. The molecule has 0 aromatic heterocycles. The van der Waals surface area contributed by atoms with Crippen LogP contribution in [0.5, 0.6) is 0 Å². The summed E-state index contributed by atoms with van der Waals surface area (Å²) in [6.07, 6.45) is 0. The van der Waals surface area contributed by atoms with Crippen molar-refractivity contribution in [1.29, 1.82) is 0 Å². The molecule has 5 heteroatoms. The second-order valence-electron chi connectivity index (χ2n) is 2.48. The maximum atomic E-state index is 12.7. The molecule has 13 heavy (non-hydrogen) atoms. The highest BCUT2D eigenvalue weighted by molar-refractivity contribution is 7.96. The van der Waals surface area contributed by atoms with Gasteiger partial charge in [0.15, 0.2) is 0 Å². The van der Waals surface area contributed by atoms with Gasteiger partial charge in [0.05, 0.1) is 5.69 Å². The zero-order valence-corrected chi connectivity index (χ0v) is 8.15. The maximum Gasteiger partial charge on any atom is 0.208 e. The van der Waals surface area contributed by atoms with Crippen molar-refractivity contribution in [1.82, 2.24) is 0 Å². The predicted molar refractivity (Wildman–Crippen MR) is 53.4 cm³/mol. The number of anilines is 1. The molecule has 70 valence electrons. The Labute approximate surface area is 85.3 Å². The standard InChI is InChI=1S/C8H7ClFNOS/c9-7(8(12)13)4-1-2-5(10)6(11)3-4/h1-3,7H,11H2,(H,12,13). The molecule has 0 fully saturated rings. The Morgan fingerprint density at radius 2 is 2.23 bits per heavy atom. The molecule has 0 radical (unpaired) electrons. The minimum atomic E-state index is -0.883. The third kappa shape index (κ3) is 2.35. The van der Waals surface area contributed by atoms with Crippen molar-refractivity contribution in [2.75, 3.05) is 5.73 Å². The molecular formula is C8H7ClFNOS. The number of nitrogen functional groups attached to an aromatic ring is 1. The molecule has 1 rings (SSSR count). The highest BCUT2D eigenvalue weighted by Crippen LogP contribution is 2.25. The monoisotopic (exact) mass is 219 g/mol. The molecule has 2 nitrogen and oxygen atoms in total. The number of thiol groups is 1. The molecule has 1 aromatic carbocycles. The first-order valence-corrected chi connectivity index (χ1v) is 4.32. The average Bonchev–Trinajstić information content (AvgIpc) is 2.08. The molecule has 1 aromatic rings. The van der Waals surface area contributed by atoms with E-state index in [1.54, 1.807) is 0 Å². The van der Waals surface area contributed by atoms with Gasteiger partial charge in [0, 0.05) is 0 Å². The number of alkyl halides is 1. The van der Waals surface area contributed by atoms with E-state index < -0.39 is 16.3 Å². The number of carbonyl (C=O) groups excluding carboxylic acids is 1. The zero-order chi connectivity index (χ0) is 10.0. The predicted octanol–water partition coefficient (Wildman–Crippen LogP) is 2.14. The van der Waals surface area contributed by atoms with Gasteiger partial charge in [-0.15, -0.1) is 24.2 Å². The molecule has 1 unspecified atom stereocenters. The van der Waals surface area contributed by atoms with Gasteiger partial charge in [-0.3, -0.25) is 4.79 Å². The van der Waals surface area contributed by atoms with E-state index in [-0.39, 0.29) is 5.69 Å². The maximum absolute atomic E-state index is 12.7. The van der Waals surface area contributed by atoms with E-state index in [4.69, 9.17) is 17.3 Å². The second-order valence-corrected chi connectivity index (χ2v) is 3.36. The molecule has 0 bridgehead atoms. The van der Waals surface area contributed by atoms with Gasteiger partial charge >= 0.3 is 0 Å². The van der Waals surface area contributed by atoms with Crippen molar-refractivity contribution in [3.8, 4) is 0 Å². The van der Waals surface area contributed by atoms with E-state index in [0.29, 0.717) is 5.56 Å². The fourth-order valence-corrected chi connectivity index (χ4v) is 1.15. The molecule has 2 N–H and O–H groups in total. The number of hydrogen-bond donors (Lipinski definition) is 2. The summed E-state index contributed by atoms with van der Waals surface area (Å²) in [5.41, 5.74) is 5.70.